The van der Waals surface area contributed by atoms with Crippen molar-refractivity contribution in [2.75, 3.05) is 5.73 Å². The van der Waals surface area contributed by atoms with E-state index in [-0.39, 0.29) is 5.95 Å². The first-order chi connectivity index (χ1) is 6.70. The van der Waals surface area contributed by atoms with Crippen LogP contribution in [0.5, 0.6) is 0 Å². The van der Waals surface area contributed by atoms with E-state index in [4.69, 9.17) is 17.3 Å². The number of nitrogen functional groups attached to an aromatic ring is 1. The van der Waals surface area contributed by atoms with Crippen molar-refractivity contribution in [3.05, 3.63) is 28.8 Å². The summed E-state index contributed by atoms with van der Waals surface area (Å²) in [7, 11) is 0. The van der Waals surface area contributed by atoms with Crippen LogP contribution in [-0.2, 0) is 0 Å². The van der Waals surface area contributed by atoms with Gasteiger partial charge in [0.2, 0.25) is 5.95 Å². The lowest BCUT2D eigenvalue weighted by molar-refractivity contribution is 0.788. The number of anilines is 1. The van der Waals surface area contributed by atoms with Gasteiger partial charge in [-0.1, -0.05) is 22.8 Å². The summed E-state index contributed by atoms with van der Waals surface area (Å²) >= 11 is 5.96. The topological polar surface area (TPSA) is 69.6 Å². The predicted molar refractivity (Wildman–Crippen MR) is 53.3 cm³/mol. The third-order valence-electron chi connectivity index (χ3n) is 1.96. The zero-order valence-electron chi connectivity index (χ0n) is 7.48. The second-order valence-electron chi connectivity index (χ2n) is 2.83. The van der Waals surface area contributed by atoms with E-state index in [1.165, 1.54) is 4.68 Å². The van der Waals surface area contributed by atoms with Gasteiger partial charge in [-0.2, -0.15) is 4.68 Å². The number of tetrazole rings is 1. The first-order valence-corrected chi connectivity index (χ1v) is 4.37. The maximum atomic E-state index is 5.96. The number of nitrogens with zero attached hydrogens (tertiary/aromatic N) is 4. The number of hydrogen-bond acceptors (Lipinski definition) is 4. The minimum atomic E-state index is 0.246. The molecule has 0 bridgehead atoms. The molecule has 2 aromatic rings. The van der Waals surface area contributed by atoms with Crippen LogP contribution in [0.2, 0.25) is 5.02 Å². The molecule has 14 heavy (non-hydrogen) atoms. The minimum Gasteiger partial charge on any atom is -0.366 e. The highest BCUT2D eigenvalue weighted by Crippen LogP contribution is 2.22. The summed E-state index contributed by atoms with van der Waals surface area (Å²) in [5.74, 6) is 0.246. The monoisotopic (exact) mass is 209 g/mol. The summed E-state index contributed by atoms with van der Waals surface area (Å²) in [5.41, 5.74) is 7.26. The van der Waals surface area contributed by atoms with E-state index in [2.05, 4.69) is 15.5 Å². The molecule has 72 valence electrons. The van der Waals surface area contributed by atoms with Crippen molar-refractivity contribution < 1.29 is 0 Å². The third-order valence-corrected chi connectivity index (χ3v) is 2.37. The molecule has 0 aliphatic rings. The van der Waals surface area contributed by atoms with Crippen LogP contribution >= 0.6 is 11.6 Å². The molecule has 0 amide bonds. The Balaban J connectivity index is 2.63. The summed E-state index contributed by atoms with van der Waals surface area (Å²) < 4.78 is 1.45. The molecule has 1 heterocycles. The Kier molecular flexibility index (Phi) is 2.09. The van der Waals surface area contributed by atoms with Gasteiger partial charge in [0.15, 0.2) is 0 Å². The summed E-state index contributed by atoms with van der Waals surface area (Å²) in [4.78, 5) is 0. The van der Waals surface area contributed by atoms with E-state index in [0.717, 1.165) is 11.3 Å². The highest BCUT2D eigenvalue weighted by Gasteiger charge is 2.08. The smallest absolute Gasteiger partial charge is 0.245 e. The van der Waals surface area contributed by atoms with Crippen LogP contribution in [0.3, 0.4) is 0 Å². The maximum absolute atomic E-state index is 5.96. The number of benzene rings is 1. The Labute approximate surface area is 85.5 Å². The van der Waals surface area contributed by atoms with Crippen LogP contribution in [0.25, 0.3) is 5.69 Å². The Morgan fingerprint density at radius 3 is 2.86 bits per heavy atom. The molecule has 0 fully saturated rings. The Bertz CT molecular complexity index is 465. The minimum absolute atomic E-state index is 0.246. The lowest BCUT2D eigenvalue weighted by Gasteiger charge is -2.06. The zero-order chi connectivity index (χ0) is 10.1. The van der Waals surface area contributed by atoms with Crippen LogP contribution in [0.15, 0.2) is 18.2 Å². The Morgan fingerprint density at radius 2 is 2.21 bits per heavy atom. The molecule has 0 saturated heterocycles. The Morgan fingerprint density at radius 1 is 1.43 bits per heavy atom. The van der Waals surface area contributed by atoms with Gasteiger partial charge in [-0.15, -0.1) is 0 Å². The van der Waals surface area contributed by atoms with Gasteiger partial charge in [-0.3, -0.25) is 0 Å². The van der Waals surface area contributed by atoms with E-state index in [0.29, 0.717) is 5.02 Å². The van der Waals surface area contributed by atoms with Gasteiger partial charge in [0, 0.05) is 5.02 Å². The average Bonchev–Trinajstić information content (AvgIpc) is 2.57. The number of hydrogen-bond donors (Lipinski definition) is 1. The third kappa shape index (κ3) is 1.31. The van der Waals surface area contributed by atoms with Crippen molar-refractivity contribution >= 4 is 17.5 Å². The SMILES string of the molecule is Cc1c(Cl)cccc1-n1nnnc1N. The van der Waals surface area contributed by atoms with Gasteiger partial charge >= 0.3 is 0 Å². The van der Waals surface area contributed by atoms with E-state index >= 15 is 0 Å². The number of halogens is 1. The molecule has 6 heteroatoms. The number of nitrogens with two attached hydrogens (primary N) is 1. The van der Waals surface area contributed by atoms with Crippen molar-refractivity contribution in [1.82, 2.24) is 20.2 Å². The predicted octanol–water partition coefficient (Wildman–Crippen LogP) is 1.21. The van der Waals surface area contributed by atoms with E-state index in [9.17, 15) is 0 Å². The molecule has 0 atom stereocenters. The van der Waals surface area contributed by atoms with Gasteiger partial charge in [0.1, 0.15) is 0 Å². The van der Waals surface area contributed by atoms with Crippen molar-refractivity contribution in [2.45, 2.75) is 6.92 Å². The fraction of sp³-hybridized carbons (Fsp3) is 0.125. The highest BCUT2D eigenvalue weighted by molar-refractivity contribution is 6.31. The van der Waals surface area contributed by atoms with Crippen LogP contribution < -0.4 is 5.73 Å². The summed E-state index contributed by atoms with van der Waals surface area (Å²) in [5, 5.41) is 11.5. The van der Waals surface area contributed by atoms with Crippen LogP contribution in [-0.4, -0.2) is 20.2 Å². The molecular formula is C8H8ClN5. The van der Waals surface area contributed by atoms with Crippen LogP contribution in [0.1, 0.15) is 5.56 Å². The second-order valence-corrected chi connectivity index (χ2v) is 3.24. The first-order valence-electron chi connectivity index (χ1n) is 3.99. The van der Waals surface area contributed by atoms with Crippen molar-refractivity contribution in [2.24, 2.45) is 0 Å². The molecule has 0 unspecified atom stereocenters. The second kappa shape index (κ2) is 3.26. The number of rotatable bonds is 1. The fourth-order valence-corrected chi connectivity index (χ4v) is 1.36. The molecule has 1 aromatic heterocycles. The molecule has 0 aliphatic carbocycles. The van der Waals surface area contributed by atoms with E-state index < -0.39 is 0 Å². The number of aromatic nitrogens is 4. The molecular weight excluding hydrogens is 202 g/mol. The molecule has 0 radical (unpaired) electrons. The standard InChI is InChI=1S/C8H8ClN5/c1-5-6(9)3-2-4-7(5)14-8(10)11-12-13-14/h2-4H,1H3,(H2,10,11,13). The largest absolute Gasteiger partial charge is 0.366 e. The summed E-state index contributed by atoms with van der Waals surface area (Å²) in [6.07, 6.45) is 0. The molecule has 0 aliphatic heterocycles. The van der Waals surface area contributed by atoms with Gasteiger partial charge in [0.05, 0.1) is 5.69 Å². The Hall–Kier alpha value is -1.62. The van der Waals surface area contributed by atoms with E-state index in [1.54, 1.807) is 6.07 Å². The van der Waals surface area contributed by atoms with E-state index in [1.807, 2.05) is 19.1 Å². The van der Waals surface area contributed by atoms with Gasteiger partial charge < -0.3 is 5.73 Å². The van der Waals surface area contributed by atoms with Crippen molar-refractivity contribution in [3.8, 4) is 5.69 Å². The molecule has 0 spiro atoms. The van der Waals surface area contributed by atoms with Gasteiger partial charge in [-0.05, 0) is 35.0 Å². The quantitative estimate of drug-likeness (QED) is 0.767. The first kappa shape index (κ1) is 8.96. The lowest BCUT2D eigenvalue weighted by atomic mass is 10.2. The van der Waals surface area contributed by atoms with Gasteiger partial charge in [0.25, 0.3) is 0 Å². The molecule has 2 N–H and O–H groups in total. The average molecular weight is 210 g/mol. The van der Waals surface area contributed by atoms with Crippen LogP contribution in [0, 0.1) is 6.92 Å². The van der Waals surface area contributed by atoms with Gasteiger partial charge in [-0.25, -0.2) is 0 Å². The normalized spacial score (nSPS) is 10.4. The molecule has 1 aromatic carbocycles. The lowest BCUT2D eigenvalue weighted by Crippen LogP contribution is -2.04. The molecule has 0 saturated carbocycles. The summed E-state index contributed by atoms with van der Waals surface area (Å²) in [6.45, 7) is 1.89. The maximum Gasteiger partial charge on any atom is 0.245 e. The molecule has 2 rings (SSSR count). The zero-order valence-corrected chi connectivity index (χ0v) is 8.23. The van der Waals surface area contributed by atoms with Crippen molar-refractivity contribution in [1.29, 1.82) is 0 Å². The molecule has 5 nitrogen and oxygen atoms in total. The van der Waals surface area contributed by atoms with Crippen LogP contribution in [0.4, 0.5) is 5.95 Å². The summed E-state index contributed by atoms with van der Waals surface area (Å²) in [6, 6.07) is 5.49. The van der Waals surface area contributed by atoms with Crippen molar-refractivity contribution in [3.63, 3.8) is 0 Å². The highest BCUT2D eigenvalue weighted by atomic mass is 35.5. The fourth-order valence-electron chi connectivity index (χ4n) is 1.19.